The van der Waals surface area contributed by atoms with Crippen molar-refractivity contribution in [3.05, 3.63) is 24.0 Å². The van der Waals surface area contributed by atoms with Crippen molar-refractivity contribution in [1.29, 1.82) is 0 Å². The van der Waals surface area contributed by atoms with Crippen LogP contribution in [0.5, 0.6) is 0 Å². The maximum Gasteiger partial charge on any atom is 0.414 e. The van der Waals surface area contributed by atoms with Gasteiger partial charge in [0.1, 0.15) is 11.9 Å². The number of nitrogens with one attached hydrogen (secondary N) is 1. The molecule has 154 valence electrons. The van der Waals surface area contributed by atoms with Gasteiger partial charge in [0, 0.05) is 41.4 Å². The first kappa shape index (κ1) is 20.8. The Labute approximate surface area is 170 Å². The molecule has 1 atom stereocenters. The molecule has 2 heterocycles. The fourth-order valence-corrected chi connectivity index (χ4v) is 4.92. The van der Waals surface area contributed by atoms with Crippen molar-refractivity contribution in [2.75, 3.05) is 54.5 Å². The van der Waals surface area contributed by atoms with Gasteiger partial charge in [-0.3, -0.25) is 4.90 Å². The second-order valence-corrected chi connectivity index (χ2v) is 9.98. The number of hydrogen-bond acceptors (Lipinski definition) is 6. The van der Waals surface area contributed by atoms with E-state index >= 15 is 0 Å². The van der Waals surface area contributed by atoms with E-state index in [0.717, 1.165) is 6.42 Å². The van der Waals surface area contributed by atoms with E-state index in [1.807, 2.05) is 11.8 Å². The number of amides is 1. The number of cyclic esters (lactones) is 1. The molecule has 3 rings (SSSR count). The van der Waals surface area contributed by atoms with Crippen LogP contribution in [0.2, 0.25) is 0 Å². The van der Waals surface area contributed by atoms with Crippen LogP contribution >= 0.6 is 12.2 Å². The summed E-state index contributed by atoms with van der Waals surface area (Å²) in [5.41, 5.74) is 0.900. The Kier molecular flexibility index (Phi) is 6.39. The van der Waals surface area contributed by atoms with E-state index in [9.17, 15) is 13.4 Å². The molecule has 0 radical (unpaired) electrons. The predicted molar refractivity (Wildman–Crippen MR) is 113 cm³/mol. The smallest absolute Gasteiger partial charge is 0.414 e. The second-order valence-electron chi connectivity index (χ2n) is 6.76. The number of benzene rings is 1. The highest BCUT2D eigenvalue weighted by Crippen LogP contribution is 2.28. The summed E-state index contributed by atoms with van der Waals surface area (Å²) in [6.45, 7) is 3.70. The summed E-state index contributed by atoms with van der Waals surface area (Å²) in [4.78, 5) is 16.2. The molecule has 2 aliphatic rings. The van der Waals surface area contributed by atoms with E-state index in [2.05, 4.69) is 9.68 Å². The van der Waals surface area contributed by atoms with Crippen LogP contribution in [0.25, 0.3) is 0 Å². The maximum absolute atomic E-state index is 14.7. The molecule has 1 aromatic carbocycles. The summed E-state index contributed by atoms with van der Waals surface area (Å²) in [5.74, 6) is 0.440. The van der Waals surface area contributed by atoms with E-state index in [-0.39, 0.29) is 6.10 Å². The van der Waals surface area contributed by atoms with E-state index in [1.165, 1.54) is 11.0 Å². The molecule has 1 N–H and O–H groups in total. The van der Waals surface area contributed by atoms with Gasteiger partial charge < -0.3 is 15.0 Å². The van der Waals surface area contributed by atoms with Crippen molar-refractivity contribution in [1.82, 2.24) is 5.32 Å². The lowest BCUT2D eigenvalue weighted by atomic mass is 10.2. The average Bonchev–Trinajstić information content (AvgIpc) is 3.07. The third-order valence-electron chi connectivity index (χ3n) is 5.00. The van der Waals surface area contributed by atoms with Crippen molar-refractivity contribution in [3.8, 4) is 0 Å². The molecule has 0 bridgehead atoms. The Balaban J connectivity index is 1.66. The average molecular weight is 429 g/mol. The number of nitrogens with zero attached hydrogens (tertiary/aromatic N) is 3. The van der Waals surface area contributed by atoms with Crippen molar-refractivity contribution in [3.63, 3.8) is 0 Å². The molecular weight excluding hydrogens is 403 g/mol. The topological polar surface area (TPSA) is 74.2 Å². The minimum atomic E-state index is -2.15. The number of halogens is 1. The fourth-order valence-electron chi connectivity index (χ4n) is 3.25. The Hall–Kier alpha value is -1.94. The van der Waals surface area contributed by atoms with Gasteiger partial charge >= 0.3 is 6.09 Å². The Bertz CT molecular complexity index is 872. The number of thiocarbonyl (C=S) groups is 1. The van der Waals surface area contributed by atoms with Crippen LogP contribution in [-0.4, -0.2) is 66.1 Å². The van der Waals surface area contributed by atoms with Gasteiger partial charge in [0.05, 0.1) is 29.5 Å². The number of carbonyl (C=O) groups excluding carboxylic acids is 1. The highest BCUT2D eigenvalue weighted by atomic mass is 32.2. The second kappa shape index (κ2) is 8.60. The van der Waals surface area contributed by atoms with Gasteiger partial charge in [0.2, 0.25) is 0 Å². The molecule has 0 spiro atoms. The molecule has 1 amide bonds. The van der Waals surface area contributed by atoms with E-state index in [0.29, 0.717) is 54.0 Å². The SMILES string of the molecule is CCC(=S)NCC1CN(c2ccc(N3CCS(=O)(=NC)CC3)c(F)c2)C(=O)O1. The summed E-state index contributed by atoms with van der Waals surface area (Å²) in [6, 6.07) is 4.72. The summed E-state index contributed by atoms with van der Waals surface area (Å²) >= 11 is 5.11. The first-order valence-corrected chi connectivity index (χ1v) is 11.5. The van der Waals surface area contributed by atoms with Crippen LogP contribution < -0.4 is 15.1 Å². The summed E-state index contributed by atoms with van der Waals surface area (Å²) in [5, 5.41) is 3.06. The number of carbonyl (C=O) groups is 1. The maximum atomic E-state index is 14.7. The number of rotatable bonds is 5. The van der Waals surface area contributed by atoms with Gasteiger partial charge in [-0.05, 0) is 24.6 Å². The van der Waals surface area contributed by atoms with Crippen molar-refractivity contribution >= 4 is 44.4 Å². The molecule has 0 aromatic heterocycles. The van der Waals surface area contributed by atoms with Crippen LogP contribution in [0.4, 0.5) is 20.6 Å². The first-order chi connectivity index (χ1) is 13.3. The van der Waals surface area contributed by atoms with E-state index in [1.54, 1.807) is 19.2 Å². The predicted octanol–water partition coefficient (Wildman–Crippen LogP) is 2.40. The number of ether oxygens (including phenoxy) is 1. The van der Waals surface area contributed by atoms with E-state index in [4.69, 9.17) is 17.0 Å². The zero-order valence-electron chi connectivity index (χ0n) is 16.0. The molecule has 2 fully saturated rings. The van der Waals surface area contributed by atoms with Crippen LogP contribution in [-0.2, 0) is 14.5 Å². The Morgan fingerprint density at radius 2 is 2.14 bits per heavy atom. The zero-order valence-corrected chi connectivity index (χ0v) is 17.7. The van der Waals surface area contributed by atoms with Gasteiger partial charge in [-0.15, -0.1) is 0 Å². The van der Waals surface area contributed by atoms with Crippen molar-refractivity contribution in [2.45, 2.75) is 19.4 Å². The summed E-state index contributed by atoms with van der Waals surface area (Å²) in [7, 11) is -0.583. The third-order valence-corrected chi connectivity index (χ3v) is 7.74. The van der Waals surface area contributed by atoms with E-state index < -0.39 is 21.6 Å². The number of anilines is 2. The molecule has 2 saturated heterocycles. The molecule has 0 saturated carbocycles. The lowest BCUT2D eigenvalue weighted by molar-refractivity contribution is 0.143. The monoisotopic (exact) mass is 428 g/mol. The van der Waals surface area contributed by atoms with Gasteiger partial charge in [0.25, 0.3) is 0 Å². The lowest BCUT2D eigenvalue weighted by Crippen LogP contribution is -2.40. The van der Waals surface area contributed by atoms with Gasteiger partial charge in [0.15, 0.2) is 0 Å². The van der Waals surface area contributed by atoms with Crippen LogP contribution in [0.3, 0.4) is 0 Å². The molecule has 0 aliphatic carbocycles. The van der Waals surface area contributed by atoms with Crippen molar-refractivity contribution < 1.29 is 18.1 Å². The lowest BCUT2D eigenvalue weighted by Gasteiger charge is -2.31. The molecule has 10 heteroatoms. The van der Waals surface area contributed by atoms with Gasteiger partial charge in [-0.1, -0.05) is 19.1 Å². The Morgan fingerprint density at radius 1 is 1.43 bits per heavy atom. The fraction of sp³-hybridized carbons (Fsp3) is 0.556. The third kappa shape index (κ3) is 4.54. The summed E-state index contributed by atoms with van der Waals surface area (Å²) in [6.07, 6.45) is -0.110. The first-order valence-electron chi connectivity index (χ1n) is 9.25. The highest BCUT2D eigenvalue weighted by molar-refractivity contribution is 7.93. The quantitative estimate of drug-likeness (QED) is 0.726. The van der Waals surface area contributed by atoms with Crippen LogP contribution in [0.15, 0.2) is 22.6 Å². The minimum Gasteiger partial charge on any atom is -0.442 e. The van der Waals surface area contributed by atoms with Crippen LogP contribution in [0.1, 0.15) is 13.3 Å². The van der Waals surface area contributed by atoms with Crippen LogP contribution in [0, 0.1) is 5.82 Å². The molecule has 1 aromatic rings. The molecule has 1 unspecified atom stereocenters. The molecular formula is C18H25FN4O3S2. The number of hydrogen-bond donors (Lipinski definition) is 1. The minimum absolute atomic E-state index is 0.334. The molecule has 2 aliphatic heterocycles. The zero-order chi connectivity index (χ0) is 20.3. The standard InChI is InChI=1S/C18H25FN4O3S2/c1-3-17(27)21-11-14-12-23(18(24)26-14)13-4-5-16(15(19)10-13)22-6-8-28(25,20-2)9-7-22/h4-5,10,14H,3,6-9,11-12H2,1-2H3,(H,21,27). The molecule has 28 heavy (non-hydrogen) atoms. The normalized spacial score (nSPS) is 21.4. The Morgan fingerprint density at radius 3 is 2.75 bits per heavy atom. The van der Waals surface area contributed by atoms with Gasteiger partial charge in [-0.25, -0.2) is 17.8 Å². The largest absolute Gasteiger partial charge is 0.442 e. The molecule has 7 nitrogen and oxygen atoms in total. The highest BCUT2D eigenvalue weighted by Gasteiger charge is 2.33. The van der Waals surface area contributed by atoms with Gasteiger partial charge in [-0.2, -0.15) is 0 Å². The summed E-state index contributed by atoms with van der Waals surface area (Å²) < 4.78 is 36.3. The van der Waals surface area contributed by atoms with Crippen molar-refractivity contribution in [2.24, 2.45) is 4.36 Å².